The fraction of sp³-hybridized carbons (Fsp3) is 0.102. The Kier molecular flexibility index (Phi) is 11.0. The van der Waals surface area contributed by atoms with Crippen molar-refractivity contribution in [3.63, 3.8) is 0 Å². The zero-order valence-corrected chi connectivity index (χ0v) is 35.4. The molecule has 0 fully saturated rings. The molecule has 3 unspecified atom stereocenters. The fourth-order valence-corrected chi connectivity index (χ4v) is 8.70. The largest absolute Gasteiger partial charge is 0.465 e. The van der Waals surface area contributed by atoms with Crippen LogP contribution < -0.4 is 16.0 Å². The van der Waals surface area contributed by atoms with Crippen LogP contribution in [0.15, 0.2) is 127 Å². The molecule has 10 rings (SSSR count). The van der Waals surface area contributed by atoms with E-state index < -0.39 is 57.6 Å². The van der Waals surface area contributed by atoms with Crippen molar-refractivity contribution in [2.75, 3.05) is 10.2 Å². The quantitative estimate of drug-likeness (QED) is 0.0563. The number of nitrogens with zero attached hydrogens (tertiary/aromatic N) is 4. The molecule has 6 aromatic carbocycles. The molecule has 0 radical (unpaired) electrons. The number of amides is 4. The number of nitrogens with one attached hydrogen (secondary N) is 3. The number of carbonyl (C=O) groups excluding carboxylic acids is 3. The molecule has 0 aliphatic carbocycles. The van der Waals surface area contributed by atoms with Crippen molar-refractivity contribution in [1.82, 2.24) is 24.8 Å². The molecule has 15 nitrogen and oxygen atoms in total. The van der Waals surface area contributed by atoms with Gasteiger partial charge in [0, 0.05) is 46.3 Å². The van der Waals surface area contributed by atoms with Gasteiger partial charge in [0.15, 0.2) is 17.3 Å². The molecule has 3 atom stereocenters. The zero-order chi connectivity index (χ0) is 47.4. The van der Waals surface area contributed by atoms with Crippen LogP contribution in [0.25, 0.3) is 22.1 Å². The van der Waals surface area contributed by atoms with Crippen LogP contribution in [0.5, 0.6) is 0 Å². The number of aromatic amines is 2. The zero-order valence-electron chi connectivity index (χ0n) is 34.7. The third-order valence-electron chi connectivity index (χ3n) is 11.7. The van der Waals surface area contributed by atoms with Gasteiger partial charge in [-0.3, -0.25) is 29.5 Å². The minimum atomic E-state index is -2.19. The summed E-state index contributed by atoms with van der Waals surface area (Å²) in [4.78, 5) is 66.2. The van der Waals surface area contributed by atoms with E-state index in [0.29, 0.717) is 39.1 Å². The minimum absolute atomic E-state index is 0.0437. The highest BCUT2D eigenvalue weighted by Gasteiger charge is 2.52. The fourth-order valence-electron chi connectivity index (χ4n) is 8.54. The van der Waals surface area contributed by atoms with Crippen molar-refractivity contribution in [2.45, 2.75) is 30.3 Å². The molecule has 2 aliphatic rings. The Balaban J connectivity index is 0.000000168. The van der Waals surface area contributed by atoms with Gasteiger partial charge in [0.25, 0.3) is 11.8 Å². The molecule has 4 heterocycles. The first-order valence-electron chi connectivity index (χ1n) is 20.4. The van der Waals surface area contributed by atoms with Crippen molar-refractivity contribution < 1.29 is 43.3 Å². The van der Waals surface area contributed by atoms with Gasteiger partial charge in [-0.05, 0) is 54.1 Å². The van der Waals surface area contributed by atoms with E-state index in [9.17, 15) is 38.2 Å². The average molecular weight is 921 g/mol. The minimum Gasteiger partial charge on any atom is -0.465 e. The lowest BCUT2D eigenvalue weighted by Crippen LogP contribution is -2.45. The number of nitrogens with two attached hydrogens (primary N) is 1. The normalized spacial score (nSPS) is 17.7. The summed E-state index contributed by atoms with van der Waals surface area (Å²) in [6.07, 6.45) is 4.19. The molecule has 4 amide bonds. The highest BCUT2D eigenvalue weighted by Crippen LogP contribution is 2.47. The number of carboxylic acid groups (broad SMARTS) is 1. The van der Waals surface area contributed by atoms with Gasteiger partial charge in [0.1, 0.15) is 22.6 Å². The maximum atomic E-state index is 15.0. The predicted octanol–water partition coefficient (Wildman–Crippen LogP) is 7.44. The van der Waals surface area contributed by atoms with E-state index in [4.69, 9.17) is 28.9 Å². The molecule has 0 bridgehead atoms. The standard InChI is InChI=1S/C27H22N4O3.C22H13ClF2N4O4/c1-2-8-20(24(28)32)25-29-22-14-13-18(15-23(22)30-25)27(34)21-12-7-6-11-19(21)26(33)31(27)16-17-9-4-3-5-10-17;23-17-13(24)6-8-16(18(17)25)29-19(30)11-3-1-2-4-12(11)22(29,33)10-5-7-14-15(9-10)27-20(26-14)28-21(31)32/h1,3-7,9-15,20,34H,8,16H2,(H2,28,32)(H,29,30);1-9,33H,(H,31,32)(H2,26,27,28). The topological polar surface area (TPSA) is 231 Å². The predicted molar refractivity (Wildman–Crippen MR) is 243 cm³/mol. The lowest BCUT2D eigenvalue weighted by atomic mass is 9.93. The second kappa shape index (κ2) is 16.8. The van der Waals surface area contributed by atoms with Gasteiger partial charge in [-0.1, -0.05) is 90.5 Å². The van der Waals surface area contributed by atoms with E-state index in [1.165, 1.54) is 35.2 Å². The monoisotopic (exact) mass is 920 g/mol. The Hall–Kier alpha value is -8.43. The van der Waals surface area contributed by atoms with Gasteiger partial charge in [-0.2, -0.15) is 0 Å². The summed E-state index contributed by atoms with van der Waals surface area (Å²) in [5, 5.41) is 34.3. The second-order valence-electron chi connectivity index (χ2n) is 15.6. The summed E-state index contributed by atoms with van der Waals surface area (Å²) in [5.74, 6) is -1.72. The summed E-state index contributed by atoms with van der Waals surface area (Å²) in [6.45, 7) is 0.225. The molecular formula is C49H35ClF2N8O7. The second-order valence-corrected chi connectivity index (χ2v) is 16.0. The Morgan fingerprint density at radius 2 is 1.43 bits per heavy atom. The number of carbonyl (C=O) groups is 4. The molecule has 8 N–H and O–H groups in total. The van der Waals surface area contributed by atoms with Gasteiger partial charge >= 0.3 is 6.09 Å². The Bertz CT molecular complexity index is 3380. The van der Waals surface area contributed by atoms with Crippen LogP contribution in [-0.4, -0.2) is 64.0 Å². The third-order valence-corrected chi connectivity index (χ3v) is 12.0. The van der Waals surface area contributed by atoms with E-state index in [-0.39, 0.29) is 47.0 Å². The molecule has 8 aromatic rings. The van der Waals surface area contributed by atoms with Gasteiger partial charge < -0.3 is 31.0 Å². The number of H-pyrrole nitrogens is 2. The number of fused-ring (bicyclic) bond motifs is 4. The average Bonchev–Trinajstić information content (AvgIpc) is 4.05. The van der Waals surface area contributed by atoms with Crippen LogP contribution in [0, 0.1) is 24.0 Å². The smallest absolute Gasteiger partial charge is 0.411 e. The number of terminal acetylenes is 1. The van der Waals surface area contributed by atoms with Crippen molar-refractivity contribution in [2.24, 2.45) is 5.73 Å². The third kappa shape index (κ3) is 7.35. The molecule has 2 aliphatic heterocycles. The Morgan fingerprint density at radius 3 is 2.12 bits per heavy atom. The number of hydrogen-bond donors (Lipinski definition) is 7. The molecule has 18 heteroatoms. The number of anilines is 2. The molecule has 2 aromatic heterocycles. The summed E-state index contributed by atoms with van der Waals surface area (Å²) < 4.78 is 28.8. The number of halogens is 3. The number of rotatable bonds is 9. The van der Waals surface area contributed by atoms with Crippen LogP contribution in [0.2, 0.25) is 5.02 Å². The van der Waals surface area contributed by atoms with E-state index in [1.54, 1.807) is 54.6 Å². The molecule has 0 saturated heterocycles. The number of benzene rings is 6. The highest BCUT2D eigenvalue weighted by atomic mass is 35.5. The van der Waals surface area contributed by atoms with Gasteiger partial charge in [-0.15, -0.1) is 12.3 Å². The van der Waals surface area contributed by atoms with Crippen LogP contribution in [-0.2, 0) is 22.8 Å². The van der Waals surface area contributed by atoms with Gasteiger partial charge in [0.05, 0.1) is 27.8 Å². The molecular weight excluding hydrogens is 886 g/mol. The molecule has 0 saturated carbocycles. The van der Waals surface area contributed by atoms with Crippen LogP contribution in [0.3, 0.4) is 0 Å². The van der Waals surface area contributed by atoms with Crippen LogP contribution in [0.4, 0.5) is 25.2 Å². The van der Waals surface area contributed by atoms with Crippen molar-refractivity contribution >= 4 is 69.1 Å². The van der Waals surface area contributed by atoms with E-state index in [1.807, 2.05) is 30.3 Å². The maximum Gasteiger partial charge on any atom is 0.411 e. The Morgan fingerprint density at radius 1 is 0.791 bits per heavy atom. The number of primary amides is 1. The summed E-state index contributed by atoms with van der Waals surface area (Å²) in [7, 11) is 0. The molecule has 0 spiro atoms. The molecule has 67 heavy (non-hydrogen) atoms. The van der Waals surface area contributed by atoms with E-state index >= 15 is 0 Å². The maximum absolute atomic E-state index is 15.0. The first-order chi connectivity index (χ1) is 32.1. The van der Waals surface area contributed by atoms with Crippen molar-refractivity contribution in [3.05, 3.63) is 189 Å². The molecule has 334 valence electrons. The summed E-state index contributed by atoms with van der Waals surface area (Å²) in [5.41, 5.74) is 5.92. The van der Waals surface area contributed by atoms with Gasteiger partial charge in [-0.25, -0.2) is 23.5 Å². The van der Waals surface area contributed by atoms with E-state index in [0.717, 1.165) is 22.6 Å². The number of imidazole rings is 2. The number of hydrogen-bond acceptors (Lipinski definition) is 8. The number of aromatic nitrogens is 4. The van der Waals surface area contributed by atoms with Gasteiger partial charge in [0.2, 0.25) is 11.9 Å². The first kappa shape index (κ1) is 43.8. The first-order valence-corrected chi connectivity index (χ1v) is 20.7. The van der Waals surface area contributed by atoms with E-state index in [2.05, 4.69) is 31.2 Å². The number of aliphatic hydroxyl groups is 2. The SMILES string of the molecule is C#CCC(C(N)=O)c1nc2ccc(C3(O)c4ccccc4C(=O)N3Cc3ccccc3)cc2[nH]1.O=C(O)Nc1nc2cc(C3(O)c4ccccc4C(=O)N3c3ccc(F)c(Cl)c3F)ccc2[nH]1. The van der Waals surface area contributed by atoms with Crippen molar-refractivity contribution in [3.8, 4) is 12.3 Å². The lowest BCUT2D eigenvalue weighted by molar-refractivity contribution is -0.119. The summed E-state index contributed by atoms with van der Waals surface area (Å²) >= 11 is 5.74. The highest BCUT2D eigenvalue weighted by molar-refractivity contribution is 6.31. The van der Waals surface area contributed by atoms with Crippen LogP contribution >= 0.6 is 11.6 Å². The Labute approximate surface area is 383 Å². The summed E-state index contributed by atoms with van der Waals surface area (Å²) in [6, 6.07) is 34.4. The van der Waals surface area contributed by atoms with Crippen LogP contribution in [0.1, 0.15) is 66.7 Å². The lowest BCUT2D eigenvalue weighted by Gasteiger charge is -2.35. The van der Waals surface area contributed by atoms with Crippen molar-refractivity contribution in [1.29, 1.82) is 0 Å².